The average molecular weight is 500 g/mol. The van der Waals surface area contributed by atoms with E-state index in [9.17, 15) is 18.0 Å². The van der Waals surface area contributed by atoms with Crippen LogP contribution >= 0.6 is 0 Å². The number of halogens is 3. The maximum Gasteiger partial charge on any atom is 0.490 e. The van der Waals surface area contributed by atoms with E-state index < -0.39 is 12.1 Å². The van der Waals surface area contributed by atoms with E-state index >= 15 is 0 Å². The van der Waals surface area contributed by atoms with Crippen molar-refractivity contribution in [2.75, 3.05) is 13.1 Å². The molecule has 186 valence electrons. The van der Waals surface area contributed by atoms with E-state index in [2.05, 4.69) is 29.5 Å². The second-order valence-electron chi connectivity index (χ2n) is 7.71. The van der Waals surface area contributed by atoms with Crippen molar-refractivity contribution in [2.45, 2.75) is 25.1 Å². The first-order chi connectivity index (χ1) is 17.2. The van der Waals surface area contributed by atoms with Gasteiger partial charge in [-0.1, -0.05) is 0 Å². The molecule has 0 atom stereocenters. The van der Waals surface area contributed by atoms with Gasteiger partial charge >= 0.3 is 12.1 Å². The highest BCUT2D eigenvalue weighted by Gasteiger charge is 2.38. The molecule has 36 heavy (non-hydrogen) atoms. The smallest absolute Gasteiger partial charge is 0.475 e. The number of likely N-dealkylation sites (tertiary alicyclic amines) is 1. The van der Waals surface area contributed by atoms with Gasteiger partial charge in [-0.05, 0) is 25.0 Å². The van der Waals surface area contributed by atoms with Gasteiger partial charge in [0.15, 0.2) is 11.3 Å². The Labute approximate surface area is 201 Å². The lowest BCUT2D eigenvalue weighted by Gasteiger charge is -2.32. The van der Waals surface area contributed by atoms with Crippen molar-refractivity contribution in [1.82, 2.24) is 39.4 Å². The van der Waals surface area contributed by atoms with Gasteiger partial charge in [-0.2, -0.15) is 13.2 Å². The van der Waals surface area contributed by atoms with E-state index in [-0.39, 0.29) is 11.9 Å². The molecule has 11 nitrogen and oxygen atoms in total. The van der Waals surface area contributed by atoms with Crippen molar-refractivity contribution in [3.8, 4) is 11.3 Å². The van der Waals surface area contributed by atoms with Gasteiger partial charge in [0.05, 0.1) is 24.4 Å². The summed E-state index contributed by atoms with van der Waals surface area (Å²) < 4.78 is 33.8. The van der Waals surface area contributed by atoms with Crippen molar-refractivity contribution in [1.29, 1.82) is 0 Å². The van der Waals surface area contributed by atoms with Gasteiger partial charge in [0.25, 0.3) is 5.91 Å². The number of carboxylic acids is 1. The number of rotatable bonds is 3. The predicted molar refractivity (Wildman–Crippen MR) is 118 cm³/mol. The minimum atomic E-state index is -5.08. The second kappa shape index (κ2) is 10.4. The van der Waals surface area contributed by atoms with Crippen LogP contribution in [0.4, 0.5) is 13.2 Å². The van der Waals surface area contributed by atoms with Crippen LogP contribution in [0.25, 0.3) is 22.6 Å². The quantitative estimate of drug-likeness (QED) is 0.450. The van der Waals surface area contributed by atoms with Gasteiger partial charge in [-0.15, -0.1) is 0 Å². The first-order valence-electron chi connectivity index (χ1n) is 10.7. The Morgan fingerprint density at radius 1 is 0.972 bits per heavy atom. The molecular formula is C22H19F3N8O3. The summed E-state index contributed by atoms with van der Waals surface area (Å²) in [5.41, 5.74) is 3.44. The molecule has 0 radical (unpaired) electrons. The number of aromatic nitrogens is 7. The average Bonchev–Trinajstić information content (AvgIpc) is 3.32. The van der Waals surface area contributed by atoms with E-state index in [0.29, 0.717) is 24.4 Å². The molecule has 1 saturated heterocycles. The van der Waals surface area contributed by atoms with E-state index in [0.717, 1.165) is 29.7 Å². The summed E-state index contributed by atoms with van der Waals surface area (Å²) >= 11 is 0. The monoisotopic (exact) mass is 500 g/mol. The SMILES string of the molecule is O=C(O)C(F)(F)F.O=C(c1cnccn1)N1CCC(n2cnc3ncc(-c4cccnc4)nc32)CC1. The number of pyridine rings is 1. The summed E-state index contributed by atoms with van der Waals surface area (Å²) in [7, 11) is 0. The summed E-state index contributed by atoms with van der Waals surface area (Å²) in [5, 5.41) is 7.12. The Morgan fingerprint density at radius 3 is 2.31 bits per heavy atom. The van der Waals surface area contributed by atoms with Crippen LogP contribution in [-0.2, 0) is 4.79 Å². The van der Waals surface area contributed by atoms with Crippen LogP contribution < -0.4 is 0 Å². The Balaban J connectivity index is 0.000000384. The van der Waals surface area contributed by atoms with Gasteiger partial charge < -0.3 is 14.6 Å². The molecular weight excluding hydrogens is 481 g/mol. The molecule has 1 aliphatic heterocycles. The van der Waals surface area contributed by atoms with Crippen LogP contribution in [-0.4, -0.2) is 75.6 Å². The number of carboxylic acid groups (broad SMARTS) is 1. The number of aliphatic carboxylic acids is 1. The van der Waals surface area contributed by atoms with Crippen LogP contribution in [0.3, 0.4) is 0 Å². The molecule has 4 aromatic heterocycles. The fourth-order valence-corrected chi connectivity index (χ4v) is 3.65. The summed E-state index contributed by atoms with van der Waals surface area (Å²) in [6.07, 6.45) is 8.17. The van der Waals surface area contributed by atoms with Crippen molar-refractivity contribution < 1.29 is 27.9 Å². The zero-order chi connectivity index (χ0) is 25.7. The molecule has 1 aliphatic rings. The number of fused-ring (bicyclic) bond motifs is 1. The van der Waals surface area contributed by atoms with Crippen LogP contribution in [0.5, 0.6) is 0 Å². The van der Waals surface area contributed by atoms with Crippen LogP contribution in [0.15, 0.2) is 55.6 Å². The Morgan fingerprint density at radius 2 is 1.69 bits per heavy atom. The van der Waals surface area contributed by atoms with Crippen molar-refractivity contribution >= 4 is 23.2 Å². The second-order valence-corrected chi connectivity index (χ2v) is 7.71. The highest BCUT2D eigenvalue weighted by Crippen LogP contribution is 2.27. The third kappa shape index (κ3) is 5.59. The van der Waals surface area contributed by atoms with Crippen LogP contribution in [0.1, 0.15) is 29.4 Å². The molecule has 4 aromatic rings. The molecule has 14 heteroatoms. The van der Waals surface area contributed by atoms with Gasteiger partial charge in [-0.25, -0.2) is 24.7 Å². The molecule has 0 spiro atoms. The maximum atomic E-state index is 12.6. The highest BCUT2D eigenvalue weighted by molar-refractivity contribution is 5.92. The lowest BCUT2D eigenvalue weighted by atomic mass is 10.0. The molecule has 1 amide bonds. The molecule has 0 bridgehead atoms. The normalized spacial score (nSPS) is 14.2. The first kappa shape index (κ1) is 24.6. The van der Waals surface area contributed by atoms with Crippen molar-refractivity contribution in [2.24, 2.45) is 0 Å². The fraction of sp³-hybridized carbons (Fsp3) is 0.273. The number of carbonyl (C=O) groups is 2. The molecule has 0 aliphatic carbocycles. The van der Waals surface area contributed by atoms with Crippen LogP contribution in [0.2, 0.25) is 0 Å². The molecule has 1 fully saturated rings. The number of carbonyl (C=O) groups excluding carboxylic acids is 1. The summed E-state index contributed by atoms with van der Waals surface area (Å²) in [4.78, 5) is 49.2. The number of amides is 1. The molecule has 0 aromatic carbocycles. The zero-order valence-corrected chi connectivity index (χ0v) is 18.6. The van der Waals surface area contributed by atoms with Gasteiger partial charge in [0, 0.05) is 49.5 Å². The third-order valence-corrected chi connectivity index (χ3v) is 5.41. The number of hydrogen-bond donors (Lipinski definition) is 1. The predicted octanol–water partition coefficient (Wildman–Crippen LogP) is 2.79. The highest BCUT2D eigenvalue weighted by atomic mass is 19.4. The lowest BCUT2D eigenvalue weighted by Crippen LogP contribution is -2.39. The molecule has 0 saturated carbocycles. The Kier molecular flexibility index (Phi) is 7.12. The van der Waals surface area contributed by atoms with E-state index in [1.54, 1.807) is 31.1 Å². The number of alkyl halides is 3. The Bertz CT molecular complexity index is 1340. The van der Waals surface area contributed by atoms with E-state index in [1.165, 1.54) is 12.4 Å². The molecule has 1 N–H and O–H groups in total. The fourth-order valence-electron chi connectivity index (χ4n) is 3.65. The van der Waals surface area contributed by atoms with Crippen molar-refractivity contribution in [3.05, 3.63) is 61.3 Å². The zero-order valence-electron chi connectivity index (χ0n) is 18.6. The lowest BCUT2D eigenvalue weighted by molar-refractivity contribution is -0.192. The minimum Gasteiger partial charge on any atom is -0.475 e. The van der Waals surface area contributed by atoms with E-state index in [4.69, 9.17) is 14.9 Å². The van der Waals surface area contributed by atoms with E-state index in [1.807, 2.05) is 17.0 Å². The standard InChI is InChI=1S/C20H18N8O.C2HF3O2/c29-20(17-11-22-6-7-23-17)27-8-3-15(4-9-27)28-13-25-18-19(28)26-16(12-24-18)14-2-1-5-21-10-14;3-2(4,5)1(6)7/h1-2,5-7,10-13,15H,3-4,8-9H2;(H,6,7). The van der Waals surface area contributed by atoms with Gasteiger partial charge in [0.2, 0.25) is 0 Å². The number of piperidine rings is 1. The topological polar surface area (TPSA) is 140 Å². The number of hydrogen-bond acceptors (Lipinski definition) is 8. The first-order valence-corrected chi connectivity index (χ1v) is 10.7. The third-order valence-electron chi connectivity index (χ3n) is 5.41. The largest absolute Gasteiger partial charge is 0.490 e. The number of imidazole rings is 1. The van der Waals surface area contributed by atoms with Gasteiger partial charge in [0.1, 0.15) is 5.69 Å². The molecule has 5 rings (SSSR count). The van der Waals surface area contributed by atoms with Crippen LogP contribution in [0, 0.1) is 0 Å². The molecule has 5 heterocycles. The summed E-state index contributed by atoms with van der Waals surface area (Å²) in [5.74, 6) is -2.84. The Hall–Kier alpha value is -4.49. The number of nitrogens with zero attached hydrogens (tertiary/aromatic N) is 8. The summed E-state index contributed by atoms with van der Waals surface area (Å²) in [6, 6.07) is 4.05. The van der Waals surface area contributed by atoms with Gasteiger partial charge in [-0.3, -0.25) is 14.8 Å². The summed E-state index contributed by atoms with van der Waals surface area (Å²) in [6.45, 7) is 1.30. The minimum absolute atomic E-state index is 0.0781. The maximum absolute atomic E-state index is 12.6. The molecule has 0 unspecified atom stereocenters. The van der Waals surface area contributed by atoms with Crippen molar-refractivity contribution in [3.63, 3.8) is 0 Å².